The fraction of sp³-hybridized carbons (Fsp3) is 0.632. The van der Waals surface area contributed by atoms with Crippen LogP contribution in [0.5, 0.6) is 5.75 Å². The van der Waals surface area contributed by atoms with Crippen molar-refractivity contribution in [2.75, 3.05) is 33.4 Å². The maximum absolute atomic E-state index is 12.1. The molecule has 2 rings (SSSR count). The van der Waals surface area contributed by atoms with Gasteiger partial charge in [-0.3, -0.25) is 4.79 Å². The van der Waals surface area contributed by atoms with E-state index in [-0.39, 0.29) is 12.5 Å². The summed E-state index contributed by atoms with van der Waals surface area (Å²) < 4.78 is 10.8. The molecule has 1 aliphatic heterocycles. The van der Waals surface area contributed by atoms with Gasteiger partial charge in [-0.2, -0.15) is 0 Å². The zero-order valence-electron chi connectivity index (χ0n) is 15.0. The van der Waals surface area contributed by atoms with Gasteiger partial charge in [-0.25, -0.2) is 0 Å². The van der Waals surface area contributed by atoms with E-state index < -0.39 is 5.60 Å². The fourth-order valence-electron chi connectivity index (χ4n) is 2.94. The van der Waals surface area contributed by atoms with E-state index in [0.717, 1.165) is 12.2 Å². The highest BCUT2D eigenvalue weighted by atomic mass is 16.5. The van der Waals surface area contributed by atoms with Gasteiger partial charge in [0.2, 0.25) is 5.91 Å². The Labute approximate surface area is 144 Å². The summed E-state index contributed by atoms with van der Waals surface area (Å²) in [6.45, 7) is 6.06. The van der Waals surface area contributed by atoms with E-state index in [4.69, 9.17) is 9.47 Å². The molecule has 1 fully saturated rings. The molecule has 1 heterocycles. The van der Waals surface area contributed by atoms with Crippen molar-refractivity contribution in [3.63, 3.8) is 0 Å². The number of hydrogen-bond donors (Lipinski definition) is 1. The first kappa shape index (κ1) is 18.7. The minimum atomic E-state index is -0.880. The molecule has 1 unspecified atom stereocenters. The summed E-state index contributed by atoms with van der Waals surface area (Å²) in [5.74, 6) is 0.875. The number of hydrogen-bond acceptors (Lipinski definition) is 4. The monoisotopic (exact) mass is 335 g/mol. The maximum atomic E-state index is 12.1. The SMILES string of the molecule is COCCC(=O)N1CCCC(O)(COc2ccc(C)c(C)c2)CC1. The van der Waals surface area contributed by atoms with Crippen LogP contribution in [0.3, 0.4) is 0 Å². The van der Waals surface area contributed by atoms with Crippen molar-refractivity contribution >= 4 is 5.91 Å². The quantitative estimate of drug-likeness (QED) is 0.867. The van der Waals surface area contributed by atoms with E-state index in [1.165, 1.54) is 11.1 Å². The van der Waals surface area contributed by atoms with Crippen LogP contribution >= 0.6 is 0 Å². The number of nitrogens with zero attached hydrogens (tertiary/aromatic N) is 1. The predicted octanol–water partition coefficient (Wildman–Crippen LogP) is 2.46. The Hall–Kier alpha value is -1.59. The summed E-state index contributed by atoms with van der Waals surface area (Å²) in [4.78, 5) is 13.9. The first-order valence-electron chi connectivity index (χ1n) is 8.63. The average Bonchev–Trinajstić information content (AvgIpc) is 2.76. The second-order valence-corrected chi connectivity index (χ2v) is 6.74. The van der Waals surface area contributed by atoms with Gasteiger partial charge in [-0.05, 0) is 56.4 Å². The molecule has 1 saturated heterocycles. The molecule has 24 heavy (non-hydrogen) atoms. The maximum Gasteiger partial charge on any atom is 0.224 e. The highest BCUT2D eigenvalue weighted by Gasteiger charge is 2.32. The third-order valence-electron chi connectivity index (χ3n) is 4.78. The highest BCUT2D eigenvalue weighted by molar-refractivity contribution is 5.76. The molecule has 0 spiro atoms. The lowest BCUT2D eigenvalue weighted by atomic mass is 9.96. The van der Waals surface area contributed by atoms with E-state index in [1.54, 1.807) is 7.11 Å². The third kappa shape index (κ3) is 5.21. The number of aryl methyl sites for hydroxylation is 2. The molecule has 1 amide bonds. The summed E-state index contributed by atoms with van der Waals surface area (Å²) in [5, 5.41) is 10.8. The molecule has 5 heteroatoms. The molecule has 0 radical (unpaired) electrons. The number of benzene rings is 1. The first-order chi connectivity index (χ1) is 11.4. The average molecular weight is 335 g/mol. The van der Waals surface area contributed by atoms with Crippen molar-refractivity contribution in [1.29, 1.82) is 0 Å². The third-order valence-corrected chi connectivity index (χ3v) is 4.78. The van der Waals surface area contributed by atoms with Gasteiger partial charge < -0.3 is 19.5 Å². The number of aliphatic hydroxyl groups is 1. The number of rotatable bonds is 6. The largest absolute Gasteiger partial charge is 0.491 e. The van der Waals surface area contributed by atoms with Gasteiger partial charge in [0.25, 0.3) is 0 Å². The van der Waals surface area contributed by atoms with Crippen molar-refractivity contribution < 1.29 is 19.4 Å². The van der Waals surface area contributed by atoms with Crippen molar-refractivity contribution in [3.8, 4) is 5.75 Å². The Balaban J connectivity index is 1.88. The van der Waals surface area contributed by atoms with Crippen LogP contribution in [0.25, 0.3) is 0 Å². The Morgan fingerprint density at radius 1 is 1.25 bits per heavy atom. The molecule has 1 atom stereocenters. The number of likely N-dealkylation sites (tertiary alicyclic amines) is 1. The lowest BCUT2D eigenvalue weighted by molar-refractivity contribution is -0.132. The lowest BCUT2D eigenvalue weighted by Gasteiger charge is -2.27. The highest BCUT2D eigenvalue weighted by Crippen LogP contribution is 2.25. The van der Waals surface area contributed by atoms with Crippen LogP contribution in [-0.2, 0) is 9.53 Å². The minimum absolute atomic E-state index is 0.0937. The minimum Gasteiger partial charge on any atom is -0.491 e. The van der Waals surface area contributed by atoms with Crippen molar-refractivity contribution in [1.82, 2.24) is 4.90 Å². The predicted molar refractivity (Wildman–Crippen MR) is 93.3 cm³/mol. The van der Waals surface area contributed by atoms with Gasteiger partial charge in [0, 0.05) is 20.2 Å². The second kappa shape index (κ2) is 8.49. The second-order valence-electron chi connectivity index (χ2n) is 6.74. The van der Waals surface area contributed by atoms with E-state index in [2.05, 4.69) is 6.92 Å². The lowest BCUT2D eigenvalue weighted by Crippen LogP contribution is -2.38. The molecule has 0 saturated carbocycles. The van der Waals surface area contributed by atoms with Gasteiger partial charge in [0.05, 0.1) is 13.0 Å². The molecule has 1 N–H and O–H groups in total. The summed E-state index contributed by atoms with van der Waals surface area (Å²) >= 11 is 0. The molecule has 0 aromatic heterocycles. The zero-order valence-corrected chi connectivity index (χ0v) is 15.0. The molecule has 5 nitrogen and oxygen atoms in total. The molecular formula is C19H29NO4. The number of ether oxygens (including phenoxy) is 2. The molecule has 1 aliphatic rings. The van der Waals surface area contributed by atoms with Gasteiger partial charge in [0.15, 0.2) is 0 Å². The topological polar surface area (TPSA) is 59.0 Å². The number of amides is 1. The van der Waals surface area contributed by atoms with E-state index in [1.807, 2.05) is 30.0 Å². The van der Waals surface area contributed by atoms with Crippen molar-refractivity contribution in [2.24, 2.45) is 0 Å². The molecule has 0 aliphatic carbocycles. The van der Waals surface area contributed by atoms with Crippen molar-refractivity contribution in [3.05, 3.63) is 29.3 Å². The summed E-state index contributed by atoms with van der Waals surface area (Å²) in [7, 11) is 1.60. The summed E-state index contributed by atoms with van der Waals surface area (Å²) in [6, 6.07) is 5.96. The smallest absolute Gasteiger partial charge is 0.224 e. The van der Waals surface area contributed by atoms with Crippen LogP contribution in [0.2, 0.25) is 0 Å². The van der Waals surface area contributed by atoms with Crippen LogP contribution in [0, 0.1) is 13.8 Å². The first-order valence-corrected chi connectivity index (χ1v) is 8.63. The molecule has 0 bridgehead atoms. The van der Waals surface area contributed by atoms with Crippen LogP contribution < -0.4 is 4.74 Å². The Kier molecular flexibility index (Phi) is 6.63. The Bertz CT molecular complexity index is 560. The Morgan fingerprint density at radius 3 is 2.75 bits per heavy atom. The number of methoxy groups -OCH3 is 1. The van der Waals surface area contributed by atoms with Crippen LogP contribution in [0.15, 0.2) is 18.2 Å². The standard InChI is InChI=1S/C19H29NO4/c1-15-5-6-17(13-16(15)2)24-14-19(22)8-4-10-20(11-9-19)18(21)7-12-23-3/h5-6,13,22H,4,7-12,14H2,1-3H3. The molecular weight excluding hydrogens is 306 g/mol. The van der Waals surface area contributed by atoms with Gasteiger partial charge in [-0.1, -0.05) is 6.07 Å². The van der Waals surface area contributed by atoms with E-state index in [0.29, 0.717) is 39.0 Å². The van der Waals surface area contributed by atoms with Gasteiger partial charge in [0.1, 0.15) is 18.0 Å². The van der Waals surface area contributed by atoms with Crippen LogP contribution in [0.4, 0.5) is 0 Å². The summed E-state index contributed by atoms with van der Waals surface area (Å²) in [6.07, 6.45) is 2.36. The molecule has 1 aromatic carbocycles. The fourth-order valence-corrected chi connectivity index (χ4v) is 2.94. The summed E-state index contributed by atoms with van der Waals surface area (Å²) in [5.41, 5.74) is 1.52. The zero-order chi connectivity index (χ0) is 17.6. The van der Waals surface area contributed by atoms with E-state index >= 15 is 0 Å². The number of carbonyl (C=O) groups excluding carboxylic acids is 1. The van der Waals surface area contributed by atoms with Crippen LogP contribution in [0.1, 0.15) is 36.8 Å². The van der Waals surface area contributed by atoms with Gasteiger partial charge >= 0.3 is 0 Å². The number of carbonyl (C=O) groups is 1. The van der Waals surface area contributed by atoms with Crippen molar-refractivity contribution in [2.45, 2.75) is 45.1 Å². The normalized spacial score (nSPS) is 21.4. The van der Waals surface area contributed by atoms with Gasteiger partial charge in [-0.15, -0.1) is 0 Å². The van der Waals surface area contributed by atoms with E-state index in [9.17, 15) is 9.90 Å². The molecule has 134 valence electrons. The van der Waals surface area contributed by atoms with Crippen LogP contribution in [-0.4, -0.2) is 54.9 Å². The Morgan fingerprint density at radius 2 is 2.04 bits per heavy atom. The molecule has 1 aromatic rings.